The molecule has 0 saturated carbocycles. The van der Waals surface area contributed by atoms with Crippen molar-refractivity contribution in [3.05, 3.63) is 52.3 Å². The van der Waals surface area contributed by atoms with Gasteiger partial charge >= 0.3 is 5.51 Å². The zero-order valence-corrected chi connectivity index (χ0v) is 15.4. The fourth-order valence-corrected chi connectivity index (χ4v) is 4.44. The van der Waals surface area contributed by atoms with Gasteiger partial charge in [-0.15, -0.1) is 0 Å². The summed E-state index contributed by atoms with van der Waals surface area (Å²) in [5.74, 6) is -1.80. The molecule has 0 spiro atoms. The molecule has 0 aliphatic heterocycles. The molecule has 0 aromatic heterocycles. The van der Waals surface area contributed by atoms with Gasteiger partial charge in [-0.3, -0.25) is 0 Å². The normalized spacial score (nSPS) is 19.5. The quantitative estimate of drug-likeness (QED) is 0.700. The number of alkyl halides is 3. The predicted octanol–water partition coefficient (Wildman–Crippen LogP) is 4.08. The Morgan fingerprint density at radius 3 is 2.43 bits per heavy atom. The summed E-state index contributed by atoms with van der Waals surface area (Å²) >= 11 is 5.74. The summed E-state index contributed by atoms with van der Waals surface area (Å²) in [6, 6.07) is 4.87. The molecule has 0 amide bonds. The molecular weight excluding hydrogens is 428 g/mol. The molecule has 11 heteroatoms. The van der Waals surface area contributed by atoms with Crippen molar-refractivity contribution in [2.45, 2.75) is 28.8 Å². The van der Waals surface area contributed by atoms with Crippen LogP contribution in [0.5, 0.6) is 11.5 Å². The van der Waals surface area contributed by atoms with E-state index in [0.29, 0.717) is 6.07 Å². The van der Waals surface area contributed by atoms with Gasteiger partial charge in [-0.25, -0.2) is 12.8 Å². The van der Waals surface area contributed by atoms with Gasteiger partial charge in [-0.1, -0.05) is 11.6 Å². The van der Waals surface area contributed by atoms with Gasteiger partial charge in [0.2, 0.25) is 0 Å². The number of hydrogen-bond donors (Lipinski definition) is 2. The Hall–Kier alpha value is -1.88. The molecule has 0 bridgehead atoms. The number of hydrogen-bond acceptors (Lipinski definition) is 5. The average Bonchev–Trinajstić information content (AvgIpc) is 2.90. The molecule has 5 nitrogen and oxygen atoms in total. The Morgan fingerprint density at radius 2 is 1.86 bits per heavy atom. The zero-order valence-electron chi connectivity index (χ0n) is 13.9. The second-order valence-corrected chi connectivity index (χ2v) is 8.52. The highest BCUT2D eigenvalue weighted by atomic mass is 35.5. The highest BCUT2D eigenvalue weighted by Gasteiger charge is 2.50. The second-order valence-electron chi connectivity index (χ2n) is 6.18. The van der Waals surface area contributed by atoms with Gasteiger partial charge in [0.15, 0.2) is 0 Å². The van der Waals surface area contributed by atoms with Crippen molar-refractivity contribution in [2.75, 3.05) is 6.61 Å². The highest BCUT2D eigenvalue weighted by Crippen LogP contribution is 2.50. The lowest BCUT2D eigenvalue weighted by atomic mass is 10.0. The molecule has 2 atom stereocenters. The van der Waals surface area contributed by atoms with Crippen LogP contribution in [0.1, 0.15) is 29.6 Å². The first-order valence-corrected chi connectivity index (χ1v) is 9.73. The second kappa shape index (κ2) is 7.18. The number of sulfone groups is 1. The van der Waals surface area contributed by atoms with Gasteiger partial charge in [0.05, 0.1) is 17.6 Å². The molecule has 152 valence electrons. The Morgan fingerprint density at radius 1 is 1.18 bits per heavy atom. The van der Waals surface area contributed by atoms with E-state index in [1.54, 1.807) is 0 Å². The van der Waals surface area contributed by atoms with Crippen molar-refractivity contribution >= 4 is 21.4 Å². The van der Waals surface area contributed by atoms with Crippen molar-refractivity contribution in [3.63, 3.8) is 0 Å². The van der Waals surface area contributed by atoms with Gasteiger partial charge < -0.3 is 14.9 Å². The van der Waals surface area contributed by atoms with Crippen LogP contribution in [0, 0.1) is 5.82 Å². The van der Waals surface area contributed by atoms with Gasteiger partial charge in [0, 0.05) is 28.1 Å². The van der Waals surface area contributed by atoms with Crippen LogP contribution in [0.15, 0.2) is 35.2 Å². The summed E-state index contributed by atoms with van der Waals surface area (Å²) < 4.78 is 81.9. The number of benzene rings is 2. The Kier molecular flexibility index (Phi) is 5.34. The third-order valence-electron chi connectivity index (χ3n) is 4.33. The Balaban J connectivity index is 2.19. The predicted molar refractivity (Wildman–Crippen MR) is 90.6 cm³/mol. The molecule has 1 aliphatic carbocycles. The third-order valence-corrected chi connectivity index (χ3v) is 6.10. The number of rotatable bonds is 4. The van der Waals surface area contributed by atoms with Crippen LogP contribution < -0.4 is 4.74 Å². The number of halogens is 5. The van der Waals surface area contributed by atoms with E-state index in [2.05, 4.69) is 0 Å². The average molecular weight is 441 g/mol. The number of aliphatic hydroxyl groups is 2. The molecule has 2 aromatic rings. The standard InChI is InChI=1S/C17H13ClF4O5S/c18-9-4-10(19)6-11(5-9)27-13-1-2-14(28(25,26)17(20,21)22)16-12(24)3-8(7-23)15(13)16/h1-2,4-6,8,12,23-24H,3,7H2/t8-,12-/m1/s1. The Labute approximate surface area is 162 Å². The molecule has 0 fully saturated rings. The van der Waals surface area contributed by atoms with Gasteiger partial charge in [-0.2, -0.15) is 13.2 Å². The highest BCUT2D eigenvalue weighted by molar-refractivity contribution is 7.92. The van der Waals surface area contributed by atoms with Crippen LogP contribution in [-0.2, 0) is 9.84 Å². The topological polar surface area (TPSA) is 83.8 Å². The monoisotopic (exact) mass is 440 g/mol. The van der Waals surface area contributed by atoms with Crippen molar-refractivity contribution in [2.24, 2.45) is 0 Å². The van der Waals surface area contributed by atoms with Crippen molar-refractivity contribution in [1.29, 1.82) is 0 Å². The lowest BCUT2D eigenvalue weighted by molar-refractivity contribution is -0.0437. The summed E-state index contributed by atoms with van der Waals surface area (Å²) in [7, 11) is -5.75. The summed E-state index contributed by atoms with van der Waals surface area (Å²) in [6.07, 6.45) is -1.75. The molecular formula is C17H13ClF4O5S. The third kappa shape index (κ3) is 3.57. The summed E-state index contributed by atoms with van der Waals surface area (Å²) in [5.41, 5.74) is -6.15. The van der Waals surface area contributed by atoms with E-state index in [9.17, 15) is 36.2 Å². The van der Waals surface area contributed by atoms with Gasteiger partial charge in [0.25, 0.3) is 9.84 Å². The molecule has 3 rings (SSSR count). The lowest BCUT2D eigenvalue weighted by Gasteiger charge is -2.18. The maximum atomic E-state index is 13.5. The van der Waals surface area contributed by atoms with E-state index < -0.39 is 50.3 Å². The van der Waals surface area contributed by atoms with E-state index in [1.165, 1.54) is 6.07 Å². The van der Waals surface area contributed by atoms with Crippen LogP contribution in [0.2, 0.25) is 5.02 Å². The minimum Gasteiger partial charge on any atom is -0.457 e. The fraction of sp³-hybridized carbons (Fsp3) is 0.294. The lowest BCUT2D eigenvalue weighted by Crippen LogP contribution is -2.25. The maximum absolute atomic E-state index is 13.5. The molecule has 28 heavy (non-hydrogen) atoms. The largest absolute Gasteiger partial charge is 0.501 e. The first kappa shape index (κ1) is 20.8. The molecule has 0 heterocycles. The van der Waals surface area contributed by atoms with Crippen LogP contribution in [-0.4, -0.2) is 30.7 Å². The number of aliphatic hydroxyl groups excluding tert-OH is 2. The summed E-state index contributed by atoms with van der Waals surface area (Å²) in [5, 5.41) is 19.7. The van der Waals surface area contributed by atoms with Crippen LogP contribution in [0.3, 0.4) is 0 Å². The van der Waals surface area contributed by atoms with Gasteiger partial charge in [-0.05, 0) is 30.7 Å². The van der Waals surface area contributed by atoms with E-state index in [0.717, 1.165) is 18.2 Å². The molecule has 0 radical (unpaired) electrons. The smallest absolute Gasteiger partial charge is 0.457 e. The first-order valence-electron chi connectivity index (χ1n) is 7.86. The zero-order chi connectivity index (χ0) is 20.9. The van der Waals surface area contributed by atoms with Crippen LogP contribution in [0.25, 0.3) is 0 Å². The van der Waals surface area contributed by atoms with Crippen molar-refractivity contribution in [3.8, 4) is 11.5 Å². The molecule has 0 unspecified atom stereocenters. The van der Waals surface area contributed by atoms with Crippen molar-refractivity contribution < 1.29 is 40.9 Å². The maximum Gasteiger partial charge on any atom is 0.501 e. The van der Waals surface area contributed by atoms with Gasteiger partial charge in [0.1, 0.15) is 17.3 Å². The minimum absolute atomic E-state index is 0.00153. The minimum atomic E-state index is -5.75. The summed E-state index contributed by atoms with van der Waals surface area (Å²) in [4.78, 5) is -1.11. The number of fused-ring (bicyclic) bond motifs is 1. The van der Waals surface area contributed by atoms with E-state index >= 15 is 0 Å². The SMILES string of the molecule is O=S(=O)(c1ccc(Oc2cc(F)cc(Cl)c2)c2c1[C@H](O)C[C@@H]2CO)C(F)(F)F. The van der Waals surface area contributed by atoms with E-state index in [4.69, 9.17) is 16.3 Å². The van der Waals surface area contributed by atoms with Crippen LogP contribution >= 0.6 is 11.6 Å². The van der Waals surface area contributed by atoms with E-state index in [-0.39, 0.29) is 28.5 Å². The first-order chi connectivity index (χ1) is 13.0. The fourth-order valence-electron chi connectivity index (χ4n) is 3.19. The molecule has 0 saturated heterocycles. The number of ether oxygens (including phenoxy) is 1. The van der Waals surface area contributed by atoms with Crippen LogP contribution in [0.4, 0.5) is 17.6 Å². The van der Waals surface area contributed by atoms with E-state index in [1.807, 2.05) is 0 Å². The van der Waals surface area contributed by atoms with Crippen molar-refractivity contribution in [1.82, 2.24) is 0 Å². The molecule has 2 aromatic carbocycles. The summed E-state index contributed by atoms with van der Waals surface area (Å²) in [6.45, 7) is -0.570. The molecule has 1 aliphatic rings. The Bertz CT molecular complexity index is 1000. The molecule has 2 N–H and O–H groups in total.